The first-order chi connectivity index (χ1) is 8.46. The van der Waals surface area contributed by atoms with Crippen LogP contribution in [0.3, 0.4) is 0 Å². The molecule has 2 rings (SSSR count). The van der Waals surface area contributed by atoms with Crippen LogP contribution in [-0.2, 0) is 4.84 Å². The Bertz CT molecular complexity index is 532. The number of fused-ring (bicyclic) bond motifs is 1. The number of aromatic nitrogens is 2. The van der Waals surface area contributed by atoms with E-state index in [2.05, 4.69) is 9.82 Å². The first-order valence-electron chi connectivity index (χ1n) is 4.88. The van der Waals surface area contributed by atoms with Gasteiger partial charge < -0.3 is 4.40 Å². The second kappa shape index (κ2) is 4.65. The normalized spacial score (nSPS) is 11.7. The number of rotatable bonds is 3. The maximum atomic E-state index is 11.8. The lowest BCUT2D eigenvalue weighted by Gasteiger charge is -2.06. The largest absolute Gasteiger partial charge is 0.414 e. The Morgan fingerprint density at radius 3 is 2.89 bits per heavy atom. The number of nitrogens with one attached hydrogen (secondary N) is 1. The van der Waals surface area contributed by atoms with Gasteiger partial charge in [0.1, 0.15) is 11.3 Å². The lowest BCUT2D eigenvalue weighted by Crippen LogP contribution is -2.29. The van der Waals surface area contributed by atoms with E-state index in [0.29, 0.717) is 5.65 Å². The van der Waals surface area contributed by atoms with Crippen LogP contribution in [0.15, 0.2) is 30.6 Å². The Kier molecular flexibility index (Phi) is 3.19. The molecule has 18 heavy (non-hydrogen) atoms. The number of alkyl halides is 3. The summed E-state index contributed by atoms with van der Waals surface area (Å²) in [5.41, 5.74) is 2.17. The van der Waals surface area contributed by atoms with Gasteiger partial charge in [0, 0.05) is 12.4 Å². The number of nitrogens with zero attached hydrogens (tertiary/aromatic N) is 2. The second-order valence-corrected chi connectivity index (χ2v) is 3.43. The van der Waals surface area contributed by atoms with Crippen LogP contribution in [0.4, 0.5) is 13.2 Å². The fraction of sp³-hybridized carbons (Fsp3) is 0.200. The first kappa shape index (κ1) is 12.4. The number of amides is 1. The van der Waals surface area contributed by atoms with E-state index >= 15 is 0 Å². The molecule has 0 radical (unpaired) electrons. The van der Waals surface area contributed by atoms with E-state index in [0.717, 1.165) is 0 Å². The molecule has 0 aliphatic carbocycles. The van der Waals surface area contributed by atoms with Crippen LogP contribution in [0, 0.1) is 0 Å². The minimum atomic E-state index is -4.49. The number of carbonyl (C=O) groups is 1. The summed E-state index contributed by atoms with van der Waals surface area (Å²) >= 11 is 0. The molecule has 0 aliphatic heterocycles. The topological polar surface area (TPSA) is 55.6 Å². The number of hydrogen-bond donors (Lipinski definition) is 1. The maximum Gasteiger partial charge on any atom is 0.414 e. The highest BCUT2D eigenvalue weighted by Crippen LogP contribution is 2.13. The summed E-state index contributed by atoms with van der Waals surface area (Å²) in [5.74, 6) is -0.831. The highest BCUT2D eigenvalue weighted by Gasteiger charge is 2.28. The number of halogens is 3. The Labute approximate surface area is 99.1 Å². The van der Waals surface area contributed by atoms with Gasteiger partial charge in [-0.05, 0) is 12.1 Å². The van der Waals surface area contributed by atoms with Gasteiger partial charge in [-0.25, -0.2) is 10.5 Å². The predicted molar refractivity (Wildman–Crippen MR) is 54.7 cm³/mol. The van der Waals surface area contributed by atoms with E-state index in [4.69, 9.17) is 0 Å². The molecule has 1 N–H and O–H groups in total. The quantitative estimate of drug-likeness (QED) is 0.851. The van der Waals surface area contributed by atoms with Gasteiger partial charge >= 0.3 is 6.18 Å². The van der Waals surface area contributed by atoms with Crippen LogP contribution in [0.1, 0.15) is 10.5 Å². The monoisotopic (exact) mass is 259 g/mol. The number of imidazole rings is 1. The summed E-state index contributed by atoms with van der Waals surface area (Å²) in [6.45, 7) is -1.55. The maximum absolute atomic E-state index is 11.8. The van der Waals surface area contributed by atoms with Gasteiger partial charge in [0.25, 0.3) is 5.91 Å². The molecule has 1 amide bonds. The molecule has 0 fully saturated rings. The van der Waals surface area contributed by atoms with Crippen molar-refractivity contribution in [2.45, 2.75) is 6.18 Å². The molecule has 0 spiro atoms. The molecule has 5 nitrogen and oxygen atoms in total. The molecule has 2 heterocycles. The molecule has 96 valence electrons. The van der Waals surface area contributed by atoms with Crippen molar-refractivity contribution in [2.75, 3.05) is 6.61 Å². The average molecular weight is 259 g/mol. The summed E-state index contributed by atoms with van der Waals surface area (Å²) in [7, 11) is 0. The van der Waals surface area contributed by atoms with Gasteiger partial charge in [-0.1, -0.05) is 6.07 Å². The molecular formula is C10H8F3N3O2. The third-order valence-corrected chi connectivity index (χ3v) is 2.00. The molecule has 0 saturated heterocycles. The lowest BCUT2D eigenvalue weighted by molar-refractivity contribution is -0.184. The Morgan fingerprint density at radius 2 is 2.22 bits per heavy atom. The zero-order valence-corrected chi connectivity index (χ0v) is 8.94. The fourth-order valence-electron chi connectivity index (χ4n) is 1.28. The van der Waals surface area contributed by atoms with Gasteiger partial charge in [0.2, 0.25) is 0 Å². The Hall–Kier alpha value is -2.09. The van der Waals surface area contributed by atoms with Crippen molar-refractivity contribution in [3.8, 4) is 0 Å². The van der Waals surface area contributed by atoms with E-state index in [9.17, 15) is 18.0 Å². The van der Waals surface area contributed by atoms with Gasteiger partial charge in [0.05, 0.1) is 0 Å². The second-order valence-electron chi connectivity index (χ2n) is 3.43. The molecule has 0 aromatic carbocycles. The van der Waals surface area contributed by atoms with Crippen LogP contribution in [0.25, 0.3) is 5.65 Å². The van der Waals surface area contributed by atoms with Crippen molar-refractivity contribution in [3.63, 3.8) is 0 Å². The van der Waals surface area contributed by atoms with Gasteiger partial charge in [0.15, 0.2) is 6.61 Å². The van der Waals surface area contributed by atoms with E-state index in [1.165, 1.54) is 6.20 Å². The number of pyridine rings is 1. The highest BCUT2D eigenvalue weighted by molar-refractivity contribution is 5.92. The zero-order valence-electron chi connectivity index (χ0n) is 8.94. The zero-order chi connectivity index (χ0) is 13.2. The van der Waals surface area contributed by atoms with Crippen LogP contribution in [0.2, 0.25) is 0 Å². The van der Waals surface area contributed by atoms with Crippen molar-refractivity contribution in [3.05, 3.63) is 36.3 Å². The fourth-order valence-corrected chi connectivity index (χ4v) is 1.28. The predicted octanol–water partition coefficient (Wildman–Crippen LogP) is 1.56. The smallest absolute Gasteiger partial charge is 0.306 e. The van der Waals surface area contributed by atoms with Crippen LogP contribution in [0.5, 0.6) is 0 Å². The van der Waals surface area contributed by atoms with Crippen molar-refractivity contribution in [2.24, 2.45) is 0 Å². The van der Waals surface area contributed by atoms with Crippen molar-refractivity contribution in [1.82, 2.24) is 14.9 Å². The van der Waals surface area contributed by atoms with Crippen molar-refractivity contribution < 1.29 is 22.8 Å². The van der Waals surface area contributed by atoms with E-state index in [-0.39, 0.29) is 5.69 Å². The highest BCUT2D eigenvalue weighted by atomic mass is 19.4. The van der Waals surface area contributed by atoms with Gasteiger partial charge in [-0.2, -0.15) is 13.2 Å². The summed E-state index contributed by atoms with van der Waals surface area (Å²) in [6.07, 6.45) is -1.44. The standard InChI is InChI=1S/C10H8F3N3O2/c11-10(12,13)6-18-15-9(17)7-5-16-4-2-1-3-8(16)14-7/h1-5H,6H2,(H,15,17). The average Bonchev–Trinajstić information content (AvgIpc) is 2.70. The molecule has 0 saturated carbocycles. The van der Waals surface area contributed by atoms with E-state index in [1.54, 1.807) is 34.3 Å². The minimum Gasteiger partial charge on any atom is -0.306 e. The summed E-state index contributed by atoms with van der Waals surface area (Å²) in [4.78, 5) is 19.4. The molecule has 8 heteroatoms. The minimum absolute atomic E-state index is 0.0247. The van der Waals surface area contributed by atoms with E-state index in [1.807, 2.05) is 0 Å². The molecule has 2 aromatic rings. The molecule has 0 aliphatic rings. The van der Waals surface area contributed by atoms with Crippen LogP contribution >= 0.6 is 0 Å². The molecule has 0 atom stereocenters. The van der Waals surface area contributed by atoms with Gasteiger partial charge in [-0.15, -0.1) is 0 Å². The summed E-state index contributed by atoms with van der Waals surface area (Å²) in [6, 6.07) is 5.12. The number of carbonyl (C=O) groups excluding carboxylic acids is 1. The number of hydrogen-bond acceptors (Lipinski definition) is 3. The number of hydroxylamine groups is 1. The Morgan fingerprint density at radius 1 is 1.44 bits per heavy atom. The SMILES string of the molecule is O=C(NOCC(F)(F)F)c1cn2ccccc2n1. The molecule has 0 bridgehead atoms. The van der Waals surface area contributed by atoms with Crippen LogP contribution < -0.4 is 5.48 Å². The Balaban J connectivity index is 2.01. The summed E-state index contributed by atoms with van der Waals surface area (Å²) in [5, 5.41) is 0. The van der Waals surface area contributed by atoms with Gasteiger partial charge in [-0.3, -0.25) is 9.63 Å². The van der Waals surface area contributed by atoms with E-state index < -0.39 is 18.7 Å². The third-order valence-electron chi connectivity index (χ3n) is 2.00. The molecular weight excluding hydrogens is 251 g/mol. The van der Waals surface area contributed by atoms with Crippen molar-refractivity contribution in [1.29, 1.82) is 0 Å². The van der Waals surface area contributed by atoms with Crippen molar-refractivity contribution >= 4 is 11.6 Å². The molecule has 0 unspecified atom stereocenters. The van der Waals surface area contributed by atoms with Crippen LogP contribution in [-0.4, -0.2) is 28.1 Å². The first-order valence-corrected chi connectivity index (χ1v) is 4.88. The summed E-state index contributed by atoms with van der Waals surface area (Å²) < 4.78 is 36.9. The lowest BCUT2D eigenvalue weighted by atomic mass is 10.5. The third kappa shape index (κ3) is 2.98. The molecule has 2 aromatic heterocycles.